The fourth-order valence-electron chi connectivity index (χ4n) is 2.19. The molecule has 0 aliphatic heterocycles. The second kappa shape index (κ2) is 4.58. The van der Waals surface area contributed by atoms with Crippen LogP contribution in [0.5, 0.6) is 0 Å². The molecule has 88 valence electrons. The number of rotatable bonds is 4. The van der Waals surface area contributed by atoms with E-state index in [1.54, 1.807) is 6.26 Å². The Morgan fingerprint density at radius 2 is 2.00 bits per heavy atom. The van der Waals surface area contributed by atoms with Crippen LogP contribution in [0.15, 0.2) is 47.1 Å². The highest BCUT2D eigenvalue weighted by molar-refractivity contribution is 5.69. The second-order valence-electron chi connectivity index (χ2n) is 4.61. The van der Waals surface area contributed by atoms with E-state index in [1.165, 1.54) is 0 Å². The Morgan fingerprint density at radius 1 is 1.24 bits per heavy atom. The molecule has 0 radical (unpaired) electrons. The molecule has 0 N–H and O–H groups in total. The van der Waals surface area contributed by atoms with Gasteiger partial charge in [0.25, 0.3) is 0 Å². The van der Waals surface area contributed by atoms with Gasteiger partial charge < -0.3 is 9.21 Å². The number of aldehydes is 1. The molecule has 0 fully saturated rings. The third-order valence-corrected chi connectivity index (χ3v) is 3.14. The summed E-state index contributed by atoms with van der Waals surface area (Å²) in [5.41, 5.74) is 1.67. The van der Waals surface area contributed by atoms with E-state index in [4.69, 9.17) is 4.42 Å². The number of aryl methyl sites for hydroxylation is 1. The fraction of sp³-hybridized carbons (Fsp3) is 0.267. The monoisotopic (exact) mass is 228 g/mol. The van der Waals surface area contributed by atoms with Crippen LogP contribution in [-0.2, 0) is 16.6 Å². The van der Waals surface area contributed by atoms with Crippen molar-refractivity contribution in [1.29, 1.82) is 0 Å². The van der Waals surface area contributed by atoms with Gasteiger partial charge in [0.1, 0.15) is 12.0 Å². The quantitative estimate of drug-likeness (QED) is 0.752. The lowest BCUT2D eigenvalue weighted by atomic mass is 9.78. The number of carbonyl (C=O) groups excluding carboxylic acids is 1. The average molecular weight is 228 g/mol. The van der Waals surface area contributed by atoms with Gasteiger partial charge in [0.2, 0.25) is 0 Å². The average Bonchev–Trinajstić information content (AvgIpc) is 2.82. The van der Waals surface area contributed by atoms with Gasteiger partial charge in [0.15, 0.2) is 0 Å². The van der Waals surface area contributed by atoms with Crippen LogP contribution in [0, 0.1) is 6.92 Å². The normalized spacial score (nSPS) is 14.2. The molecule has 2 aromatic rings. The molecule has 1 atom stereocenters. The van der Waals surface area contributed by atoms with Crippen molar-refractivity contribution in [3.05, 3.63) is 59.5 Å². The molecule has 0 spiro atoms. The Hall–Kier alpha value is -1.83. The zero-order valence-corrected chi connectivity index (χ0v) is 10.1. The van der Waals surface area contributed by atoms with E-state index in [1.807, 2.05) is 50.2 Å². The minimum Gasteiger partial charge on any atom is -0.469 e. The molecular formula is C15H16O2. The van der Waals surface area contributed by atoms with Crippen molar-refractivity contribution in [1.82, 2.24) is 0 Å². The van der Waals surface area contributed by atoms with Crippen LogP contribution >= 0.6 is 0 Å². The van der Waals surface area contributed by atoms with Crippen molar-refractivity contribution in [2.24, 2.45) is 0 Å². The Labute approximate surface area is 101 Å². The Balaban J connectivity index is 2.37. The van der Waals surface area contributed by atoms with E-state index < -0.39 is 5.41 Å². The van der Waals surface area contributed by atoms with E-state index in [2.05, 4.69) is 0 Å². The van der Waals surface area contributed by atoms with Gasteiger partial charge in [-0.1, -0.05) is 24.3 Å². The zero-order valence-electron chi connectivity index (χ0n) is 10.1. The molecule has 2 nitrogen and oxygen atoms in total. The minimum atomic E-state index is -0.525. The van der Waals surface area contributed by atoms with Crippen LogP contribution in [0.4, 0.5) is 0 Å². The first-order valence-electron chi connectivity index (χ1n) is 5.70. The number of hydrogen-bond donors (Lipinski definition) is 0. The maximum absolute atomic E-state index is 11.5. The van der Waals surface area contributed by atoms with E-state index in [0.717, 1.165) is 23.2 Å². The zero-order chi connectivity index (χ0) is 12.3. The highest BCUT2D eigenvalue weighted by atomic mass is 16.3. The Bertz CT molecular complexity index is 499. The second-order valence-corrected chi connectivity index (χ2v) is 4.61. The number of carbonyl (C=O) groups is 1. The number of furan rings is 1. The lowest BCUT2D eigenvalue weighted by molar-refractivity contribution is -0.112. The van der Waals surface area contributed by atoms with Crippen molar-refractivity contribution < 1.29 is 9.21 Å². The maximum atomic E-state index is 11.5. The number of benzene rings is 1. The summed E-state index contributed by atoms with van der Waals surface area (Å²) in [6, 6.07) is 11.7. The summed E-state index contributed by atoms with van der Waals surface area (Å²) < 4.78 is 5.33. The van der Waals surface area contributed by atoms with Crippen LogP contribution in [-0.4, -0.2) is 6.29 Å². The SMILES string of the molecule is Cc1ccccc1C(C)(C=O)Cc1ccco1. The van der Waals surface area contributed by atoms with Crippen LogP contribution in [0.1, 0.15) is 23.8 Å². The molecule has 1 aromatic heterocycles. The maximum Gasteiger partial charge on any atom is 0.130 e. The van der Waals surface area contributed by atoms with E-state index in [9.17, 15) is 4.79 Å². The lowest BCUT2D eigenvalue weighted by Gasteiger charge is -2.24. The van der Waals surface area contributed by atoms with Gasteiger partial charge >= 0.3 is 0 Å². The molecule has 0 saturated carbocycles. The van der Waals surface area contributed by atoms with Crippen molar-refractivity contribution in [3.63, 3.8) is 0 Å². The van der Waals surface area contributed by atoms with Gasteiger partial charge in [0, 0.05) is 6.42 Å². The summed E-state index contributed by atoms with van der Waals surface area (Å²) in [6.07, 6.45) is 3.24. The first-order chi connectivity index (χ1) is 8.15. The molecule has 1 unspecified atom stereocenters. The van der Waals surface area contributed by atoms with Crippen LogP contribution in [0.2, 0.25) is 0 Å². The molecule has 17 heavy (non-hydrogen) atoms. The molecule has 1 aromatic carbocycles. The number of hydrogen-bond acceptors (Lipinski definition) is 2. The topological polar surface area (TPSA) is 30.2 Å². The van der Waals surface area contributed by atoms with E-state index >= 15 is 0 Å². The Morgan fingerprint density at radius 3 is 2.59 bits per heavy atom. The van der Waals surface area contributed by atoms with Crippen LogP contribution in [0.3, 0.4) is 0 Å². The van der Waals surface area contributed by atoms with Gasteiger partial charge in [-0.2, -0.15) is 0 Å². The molecule has 0 aliphatic rings. The largest absolute Gasteiger partial charge is 0.469 e. The first-order valence-corrected chi connectivity index (χ1v) is 5.70. The van der Waals surface area contributed by atoms with E-state index in [-0.39, 0.29) is 0 Å². The van der Waals surface area contributed by atoms with Gasteiger partial charge in [-0.15, -0.1) is 0 Å². The Kier molecular flexibility index (Phi) is 3.14. The molecular weight excluding hydrogens is 212 g/mol. The van der Waals surface area contributed by atoms with Crippen LogP contribution < -0.4 is 0 Å². The summed E-state index contributed by atoms with van der Waals surface area (Å²) in [5.74, 6) is 0.836. The minimum absolute atomic E-state index is 0.525. The predicted molar refractivity (Wildman–Crippen MR) is 67.0 cm³/mol. The molecule has 0 saturated heterocycles. The first kappa shape index (κ1) is 11.6. The predicted octanol–water partition coefficient (Wildman–Crippen LogP) is 3.29. The van der Waals surface area contributed by atoms with Gasteiger partial charge in [-0.25, -0.2) is 0 Å². The van der Waals surface area contributed by atoms with Crippen molar-refractivity contribution in [2.45, 2.75) is 25.7 Å². The molecule has 1 heterocycles. The molecule has 0 aliphatic carbocycles. The van der Waals surface area contributed by atoms with E-state index in [0.29, 0.717) is 6.42 Å². The molecule has 0 bridgehead atoms. The molecule has 2 rings (SSSR count). The van der Waals surface area contributed by atoms with Gasteiger partial charge in [-0.05, 0) is 37.1 Å². The fourth-order valence-corrected chi connectivity index (χ4v) is 2.19. The summed E-state index contributed by atoms with van der Waals surface area (Å²) >= 11 is 0. The summed E-state index contributed by atoms with van der Waals surface area (Å²) in [7, 11) is 0. The van der Waals surface area contributed by atoms with Crippen molar-refractivity contribution >= 4 is 6.29 Å². The highest BCUT2D eigenvalue weighted by Gasteiger charge is 2.28. The summed E-state index contributed by atoms with van der Waals surface area (Å²) in [5, 5.41) is 0. The van der Waals surface area contributed by atoms with Gasteiger partial charge in [0.05, 0.1) is 11.7 Å². The lowest BCUT2D eigenvalue weighted by Crippen LogP contribution is -2.27. The molecule has 0 amide bonds. The van der Waals surface area contributed by atoms with Crippen molar-refractivity contribution in [3.8, 4) is 0 Å². The van der Waals surface area contributed by atoms with Crippen molar-refractivity contribution in [2.75, 3.05) is 0 Å². The third kappa shape index (κ3) is 2.31. The smallest absolute Gasteiger partial charge is 0.130 e. The third-order valence-electron chi connectivity index (χ3n) is 3.14. The summed E-state index contributed by atoms with van der Waals surface area (Å²) in [6.45, 7) is 3.98. The van der Waals surface area contributed by atoms with Gasteiger partial charge in [-0.3, -0.25) is 0 Å². The summed E-state index contributed by atoms with van der Waals surface area (Å²) in [4.78, 5) is 11.5. The molecule has 2 heteroatoms. The highest BCUT2D eigenvalue weighted by Crippen LogP contribution is 2.28. The standard InChI is InChI=1S/C15H16O2/c1-12-6-3-4-8-14(12)15(2,11-16)10-13-7-5-9-17-13/h3-9,11H,10H2,1-2H3. The van der Waals surface area contributed by atoms with Crippen LogP contribution in [0.25, 0.3) is 0 Å².